The van der Waals surface area contributed by atoms with E-state index in [4.69, 9.17) is 4.74 Å². The van der Waals surface area contributed by atoms with E-state index in [1.54, 1.807) is 30.5 Å². The van der Waals surface area contributed by atoms with Crippen molar-refractivity contribution in [3.05, 3.63) is 54.0 Å². The van der Waals surface area contributed by atoms with Crippen molar-refractivity contribution >= 4 is 11.8 Å². The number of aromatic nitrogens is 1. The van der Waals surface area contributed by atoms with Gasteiger partial charge in [0.15, 0.2) is 11.6 Å². The van der Waals surface area contributed by atoms with Crippen LogP contribution in [0.4, 0.5) is 15.0 Å². The Balaban J connectivity index is 1.57. The number of hydrogen-bond donors (Lipinski definition) is 2. The molecule has 0 spiro atoms. The molecule has 1 aliphatic rings. The van der Waals surface area contributed by atoms with Crippen LogP contribution in [0.25, 0.3) is 0 Å². The normalized spacial score (nSPS) is 15.1. The predicted octanol–water partition coefficient (Wildman–Crippen LogP) is 4.64. The molecule has 138 valence electrons. The standard InChI is InChI=1S/C20H24FN3O2/c21-16-11-9-15(10-12-16)14-26-18-8-5-13-22-19(18)24-20(25)23-17-6-3-1-2-4-7-17/h5,8-13,17H,1-4,6-7,14H2,(H2,22,23,24,25). The molecular weight excluding hydrogens is 333 g/mol. The Morgan fingerprint density at radius 1 is 1.12 bits per heavy atom. The average Bonchev–Trinajstić information content (AvgIpc) is 2.91. The number of anilines is 1. The lowest BCUT2D eigenvalue weighted by atomic mass is 10.1. The van der Waals surface area contributed by atoms with E-state index in [2.05, 4.69) is 15.6 Å². The quantitative estimate of drug-likeness (QED) is 0.766. The van der Waals surface area contributed by atoms with E-state index < -0.39 is 0 Å². The topological polar surface area (TPSA) is 63.2 Å². The number of nitrogens with zero attached hydrogens (tertiary/aromatic N) is 1. The molecule has 0 unspecified atom stereocenters. The highest BCUT2D eigenvalue weighted by Crippen LogP contribution is 2.23. The van der Waals surface area contributed by atoms with Gasteiger partial charge < -0.3 is 10.1 Å². The molecule has 0 bridgehead atoms. The summed E-state index contributed by atoms with van der Waals surface area (Å²) in [6.07, 6.45) is 8.42. The third kappa shape index (κ3) is 5.44. The van der Waals surface area contributed by atoms with Crippen LogP contribution < -0.4 is 15.4 Å². The lowest BCUT2D eigenvalue weighted by Gasteiger charge is -2.17. The highest BCUT2D eigenvalue weighted by molar-refractivity contribution is 5.89. The molecule has 1 heterocycles. The summed E-state index contributed by atoms with van der Waals surface area (Å²) in [5.41, 5.74) is 0.837. The Labute approximate surface area is 153 Å². The van der Waals surface area contributed by atoms with Gasteiger partial charge in [0.05, 0.1) is 0 Å². The Kier molecular flexibility index (Phi) is 6.41. The first kappa shape index (κ1) is 18.2. The smallest absolute Gasteiger partial charge is 0.320 e. The first-order valence-corrected chi connectivity index (χ1v) is 9.10. The molecule has 2 amide bonds. The minimum atomic E-state index is -0.285. The van der Waals surface area contributed by atoms with Crippen LogP contribution in [0.1, 0.15) is 44.1 Å². The number of pyridine rings is 1. The van der Waals surface area contributed by atoms with Crippen LogP contribution in [0.15, 0.2) is 42.6 Å². The van der Waals surface area contributed by atoms with Crippen molar-refractivity contribution in [1.29, 1.82) is 0 Å². The van der Waals surface area contributed by atoms with Crippen molar-refractivity contribution in [3.8, 4) is 5.75 Å². The fourth-order valence-corrected chi connectivity index (χ4v) is 3.10. The van der Waals surface area contributed by atoms with Crippen LogP contribution in [0, 0.1) is 5.82 Å². The molecule has 1 aromatic heterocycles. The number of halogens is 1. The minimum absolute atomic E-state index is 0.213. The van der Waals surface area contributed by atoms with Crippen molar-refractivity contribution in [1.82, 2.24) is 10.3 Å². The molecule has 5 nitrogen and oxygen atoms in total. The third-order valence-corrected chi connectivity index (χ3v) is 4.50. The molecule has 3 rings (SSSR count). The van der Waals surface area contributed by atoms with Crippen LogP contribution in [0.2, 0.25) is 0 Å². The van der Waals surface area contributed by atoms with Gasteiger partial charge in [-0.1, -0.05) is 37.8 Å². The lowest BCUT2D eigenvalue weighted by Crippen LogP contribution is -2.37. The van der Waals surface area contributed by atoms with Crippen LogP contribution in [0.5, 0.6) is 5.75 Å². The van der Waals surface area contributed by atoms with Crippen LogP contribution >= 0.6 is 0 Å². The summed E-state index contributed by atoms with van der Waals surface area (Å²) >= 11 is 0. The molecule has 1 aliphatic carbocycles. The molecule has 26 heavy (non-hydrogen) atoms. The zero-order chi connectivity index (χ0) is 18.2. The number of carbonyl (C=O) groups excluding carboxylic acids is 1. The van der Waals surface area contributed by atoms with Gasteiger partial charge in [-0.3, -0.25) is 5.32 Å². The first-order valence-electron chi connectivity index (χ1n) is 9.10. The molecule has 1 fully saturated rings. The molecule has 0 atom stereocenters. The molecule has 2 N–H and O–H groups in total. The highest BCUT2D eigenvalue weighted by Gasteiger charge is 2.16. The van der Waals surface area contributed by atoms with Gasteiger partial charge in [0.2, 0.25) is 0 Å². The summed E-state index contributed by atoms with van der Waals surface area (Å²) in [4.78, 5) is 16.5. The van der Waals surface area contributed by atoms with Crippen LogP contribution in [-0.4, -0.2) is 17.1 Å². The minimum Gasteiger partial charge on any atom is -0.485 e. The molecule has 0 saturated heterocycles. The maximum Gasteiger partial charge on any atom is 0.320 e. The van der Waals surface area contributed by atoms with Gasteiger partial charge in [0.1, 0.15) is 12.4 Å². The lowest BCUT2D eigenvalue weighted by molar-refractivity contribution is 0.246. The molecule has 1 saturated carbocycles. The Bertz CT molecular complexity index is 713. The van der Waals surface area contributed by atoms with Gasteiger partial charge in [-0.25, -0.2) is 14.2 Å². The fraction of sp³-hybridized carbons (Fsp3) is 0.400. The SMILES string of the molecule is O=C(Nc1ncccc1OCc1ccc(F)cc1)NC1CCCCCC1. The largest absolute Gasteiger partial charge is 0.485 e. The van der Waals surface area contributed by atoms with Gasteiger partial charge in [0.25, 0.3) is 0 Å². The van der Waals surface area contributed by atoms with E-state index in [1.165, 1.54) is 25.0 Å². The zero-order valence-electron chi connectivity index (χ0n) is 14.7. The van der Waals surface area contributed by atoms with Gasteiger partial charge in [-0.15, -0.1) is 0 Å². The summed E-state index contributed by atoms with van der Waals surface area (Å²) in [7, 11) is 0. The maximum atomic E-state index is 13.0. The number of hydrogen-bond acceptors (Lipinski definition) is 3. The molecule has 6 heteroatoms. The highest BCUT2D eigenvalue weighted by atomic mass is 19.1. The summed E-state index contributed by atoms with van der Waals surface area (Å²) in [6.45, 7) is 0.269. The summed E-state index contributed by atoms with van der Waals surface area (Å²) in [5.74, 6) is 0.571. The number of nitrogens with one attached hydrogen (secondary N) is 2. The molecule has 1 aromatic carbocycles. The second-order valence-electron chi connectivity index (χ2n) is 6.55. The van der Waals surface area contributed by atoms with Crippen molar-refractivity contribution in [2.75, 3.05) is 5.32 Å². The first-order chi connectivity index (χ1) is 12.7. The summed E-state index contributed by atoms with van der Waals surface area (Å²) < 4.78 is 18.7. The Morgan fingerprint density at radius 2 is 1.85 bits per heavy atom. The number of rotatable bonds is 5. The van der Waals surface area contributed by atoms with Crippen molar-refractivity contribution in [2.24, 2.45) is 0 Å². The predicted molar refractivity (Wildman–Crippen MR) is 98.6 cm³/mol. The van der Waals surface area contributed by atoms with E-state index in [0.29, 0.717) is 11.6 Å². The zero-order valence-corrected chi connectivity index (χ0v) is 14.7. The van der Waals surface area contributed by atoms with E-state index in [9.17, 15) is 9.18 Å². The maximum absolute atomic E-state index is 13.0. The number of urea groups is 1. The Hall–Kier alpha value is -2.63. The van der Waals surface area contributed by atoms with Gasteiger partial charge in [0, 0.05) is 12.2 Å². The van der Waals surface area contributed by atoms with Crippen molar-refractivity contribution < 1.29 is 13.9 Å². The van der Waals surface area contributed by atoms with Crippen molar-refractivity contribution in [2.45, 2.75) is 51.2 Å². The van der Waals surface area contributed by atoms with E-state index in [-0.39, 0.29) is 24.5 Å². The van der Waals surface area contributed by atoms with Crippen molar-refractivity contribution in [3.63, 3.8) is 0 Å². The van der Waals surface area contributed by atoms with Gasteiger partial charge >= 0.3 is 6.03 Å². The third-order valence-electron chi connectivity index (χ3n) is 4.50. The molecule has 2 aromatic rings. The van der Waals surface area contributed by atoms with E-state index in [1.807, 2.05) is 0 Å². The summed E-state index contributed by atoms with van der Waals surface area (Å²) in [6, 6.07) is 9.55. The number of carbonyl (C=O) groups is 1. The monoisotopic (exact) mass is 357 g/mol. The fourth-order valence-electron chi connectivity index (χ4n) is 3.10. The summed E-state index contributed by atoms with van der Waals surface area (Å²) in [5, 5.41) is 5.80. The van der Waals surface area contributed by atoms with E-state index >= 15 is 0 Å². The number of amides is 2. The second-order valence-corrected chi connectivity index (χ2v) is 6.55. The average molecular weight is 357 g/mol. The van der Waals surface area contributed by atoms with Gasteiger partial charge in [-0.2, -0.15) is 0 Å². The second kappa shape index (κ2) is 9.17. The van der Waals surface area contributed by atoms with Crippen LogP contribution in [-0.2, 0) is 6.61 Å². The Morgan fingerprint density at radius 3 is 2.58 bits per heavy atom. The van der Waals surface area contributed by atoms with E-state index in [0.717, 1.165) is 31.2 Å². The number of benzene rings is 1. The molecule has 0 radical (unpaired) electrons. The molecular formula is C20H24FN3O2. The number of ether oxygens (including phenoxy) is 1. The molecule has 0 aliphatic heterocycles. The van der Waals surface area contributed by atoms with Crippen LogP contribution in [0.3, 0.4) is 0 Å². The van der Waals surface area contributed by atoms with Gasteiger partial charge in [-0.05, 0) is 42.7 Å².